The van der Waals surface area contributed by atoms with E-state index in [9.17, 15) is 4.79 Å². The van der Waals surface area contributed by atoms with E-state index in [2.05, 4.69) is 0 Å². The fraction of sp³-hybridized carbons (Fsp3) is 0.235. The maximum atomic E-state index is 12.6. The third kappa shape index (κ3) is 2.67. The molecule has 0 saturated heterocycles. The quantitative estimate of drug-likeness (QED) is 0.797. The van der Waals surface area contributed by atoms with Crippen LogP contribution in [0.4, 0.5) is 0 Å². The van der Waals surface area contributed by atoms with Crippen molar-refractivity contribution in [3.8, 4) is 11.5 Å². The molecule has 2 aromatic rings. The van der Waals surface area contributed by atoms with Crippen LogP contribution >= 0.6 is 0 Å². The fourth-order valence-electron chi connectivity index (χ4n) is 2.27. The van der Waals surface area contributed by atoms with Crippen LogP contribution in [0, 0.1) is 13.8 Å². The van der Waals surface area contributed by atoms with Crippen LogP contribution < -0.4 is 9.47 Å². The average molecular weight is 270 g/mol. The second-order valence-corrected chi connectivity index (χ2v) is 4.72. The number of carbonyl (C=O) groups is 1. The molecular weight excluding hydrogens is 252 g/mol. The number of carbonyl (C=O) groups excluding carboxylic acids is 1. The minimum Gasteiger partial charge on any atom is -0.497 e. The minimum atomic E-state index is -0.0398. The first-order valence-electron chi connectivity index (χ1n) is 6.40. The maximum Gasteiger partial charge on any atom is 0.197 e. The Labute approximate surface area is 119 Å². The molecule has 3 heteroatoms. The molecule has 0 spiro atoms. The van der Waals surface area contributed by atoms with Crippen molar-refractivity contribution in [2.75, 3.05) is 14.2 Å². The van der Waals surface area contributed by atoms with Crippen molar-refractivity contribution in [1.82, 2.24) is 0 Å². The summed E-state index contributed by atoms with van der Waals surface area (Å²) in [7, 11) is 3.18. The van der Waals surface area contributed by atoms with Gasteiger partial charge in [-0.15, -0.1) is 0 Å². The fourth-order valence-corrected chi connectivity index (χ4v) is 2.27. The Morgan fingerprint density at radius 2 is 1.60 bits per heavy atom. The van der Waals surface area contributed by atoms with Gasteiger partial charge in [0.2, 0.25) is 0 Å². The van der Waals surface area contributed by atoms with Crippen molar-refractivity contribution in [1.29, 1.82) is 0 Å². The van der Waals surface area contributed by atoms with Gasteiger partial charge >= 0.3 is 0 Å². The molecule has 0 fully saturated rings. The van der Waals surface area contributed by atoms with Crippen LogP contribution in [-0.2, 0) is 0 Å². The highest BCUT2D eigenvalue weighted by Gasteiger charge is 2.17. The molecule has 0 unspecified atom stereocenters. The number of ether oxygens (including phenoxy) is 2. The first-order valence-corrected chi connectivity index (χ1v) is 6.40. The van der Waals surface area contributed by atoms with Crippen LogP contribution in [0.5, 0.6) is 11.5 Å². The highest BCUT2D eigenvalue weighted by atomic mass is 16.5. The summed E-state index contributed by atoms with van der Waals surface area (Å²) in [5.41, 5.74) is 3.23. The van der Waals surface area contributed by atoms with Crippen molar-refractivity contribution >= 4 is 5.78 Å². The lowest BCUT2D eigenvalue weighted by atomic mass is 9.96. The third-order valence-corrected chi connectivity index (χ3v) is 3.24. The summed E-state index contributed by atoms with van der Waals surface area (Å²) in [6, 6.07) is 11.0. The van der Waals surface area contributed by atoms with Crippen LogP contribution in [0.3, 0.4) is 0 Å². The molecular formula is C17H18O3. The number of methoxy groups -OCH3 is 2. The van der Waals surface area contributed by atoms with Crippen LogP contribution in [0.1, 0.15) is 27.0 Å². The second kappa shape index (κ2) is 5.78. The topological polar surface area (TPSA) is 35.5 Å². The first-order chi connectivity index (χ1) is 9.56. The van der Waals surface area contributed by atoms with E-state index < -0.39 is 0 Å². The SMILES string of the molecule is COc1ccc(C(=O)c2c(C)cc(C)cc2OC)cc1. The summed E-state index contributed by atoms with van der Waals surface area (Å²) in [5.74, 6) is 1.31. The number of ketones is 1. The summed E-state index contributed by atoms with van der Waals surface area (Å²) in [6.45, 7) is 3.91. The van der Waals surface area contributed by atoms with Gasteiger partial charge in [-0.25, -0.2) is 0 Å². The van der Waals surface area contributed by atoms with E-state index in [0.29, 0.717) is 16.9 Å². The molecule has 20 heavy (non-hydrogen) atoms. The molecule has 0 radical (unpaired) electrons. The largest absolute Gasteiger partial charge is 0.497 e. The number of aryl methyl sites for hydroxylation is 2. The van der Waals surface area contributed by atoms with Crippen LogP contribution in [0.25, 0.3) is 0 Å². The standard InChI is InChI=1S/C17H18O3/c1-11-9-12(2)16(15(10-11)20-4)17(18)13-5-7-14(19-3)8-6-13/h5-10H,1-4H3. The molecule has 0 aliphatic carbocycles. The van der Waals surface area contributed by atoms with Gasteiger partial charge in [0.1, 0.15) is 11.5 Å². The summed E-state index contributed by atoms with van der Waals surface area (Å²) >= 11 is 0. The molecule has 0 bridgehead atoms. The molecule has 104 valence electrons. The van der Waals surface area contributed by atoms with Crippen molar-refractivity contribution in [3.05, 3.63) is 58.7 Å². The summed E-state index contributed by atoms with van der Waals surface area (Å²) < 4.78 is 10.5. The third-order valence-electron chi connectivity index (χ3n) is 3.24. The van der Waals surface area contributed by atoms with Crippen molar-refractivity contribution < 1.29 is 14.3 Å². The Hall–Kier alpha value is -2.29. The highest BCUT2D eigenvalue weighted by Crippen LogP contribution is 2.27. The molecule has 0 saturated carbocycles. The lowest BCUT2D eigenvalue weighted by molar-refractivity contribution is 0.103. The van der Waals surface area contributed by atoms with Gasteiger partial charge in [0.25, 0.3) is 0 Å². The Kier molecular flexibility index (Phi) is 4.08. The van der Waals surface area contributed by atoms with Crippen LogP contribution in [0.15, 0.2) is 36.4 Å². The van der Waals surface area contributed by atoms with E-state index in [1.165, 1.54) is 0 Å². The van der Waals surface area contributed by atoms with E-state index >= 15 is 0 Å². The molecule has 0 aliphatic rings. The second-order valence-electron chi connectivity index (χ2n) is 4.72. The van der Waals surface area contributed by atoms with E-state index in [1.807, 2.05) is 26.0 Å². The van der Waals surface area contributed by atoms with Crippen molar-refractivity contribution in [2.24, 2.45) is 0 Å². The summed E-state index contributed by atoms with van der Waals surface area (Å²) in [6.07, 6.45) is 0. The first kappa shape index (κ1) is 14.1. The number of benzene rings is 2. The van der Waals surface area contributed by atoms with E-state index in [0.717, 1.165) is 16.9 Å². The van der Waals surface area contributed by atoms with Crippen molar-refractivity contribution in [3.63, 3.8) is 0 Å². The molecule has 3 nitrogen and oxygen atoms in total. The Balaban J connectivity index is 2.47. The predicted molar refractivity (Wildman–Crippen MR) is 78.9 cm³/mol. The lowest BCUT2D eigenvalue weighted by Gasteiger charge is -2.12. The smallest absolute Gasteiger partial charge is 0.197 e. The highest BCUT2D eigenvalue weighted by molar-refractivity contribution is 6.11. The van der Waals surface area contributed by atoms with Gasteiger partial charge in [0.05, 0.1) is 19.8 Å². The van der Waals surface area contributed by atoms with E-state index in [4.69, 9.17) is 9.47 Å². The summed E-state index contributed by atoms with van der Waals surface area (Å²) in [4.78, 5) is 12.6. The zero-order chi connectivity index (χ0) is 14.7. The zero-order valence-electron chi connectivity index (χ0n) is 12.2. The number of hydrogen-bond acceptors (Lipinski definition) is 3. The van der Waals surface area contributed by atoms with Gasteiger partial charge in [-0.2, -0.15) is 0 Å². The predicted octanol–water partition coefficient (Wildman–Crippen LogP) is 3.55. The van der Waals surface area contributed by atoms with Gasteiger partial charge < -0.3 is 9.47 Å². The summed E-state index contributed by atoms with van der Waals surface area (Å²) in [5, 5.41) is 0. The molecule has 2 rings (SSSR count). The zero-order valence-corrected chi connectivity index (χ0v) is 12.2. The minimum absolute atomic E-state index is 0.0398. The molecule has 0 aromatic heterocycles. The lowest BCUT2D eigenvalue weighted by Crippen LogP contribution is -2.07. The Morgan fingerprint density at radius 1 is 0.950 bits per heavy atom. The van der Waals surface area contributed by atoms with Gasteiger partial charge in [-0.3, -0.25) is 4.79 Å². The molecule has 0 aliphatic heterocycles. The van der Waals surface area contributed by atoms with E-state index in [-0.39, 0.29) is 5.78 Å². The Morgan fingerprint density at radius 3 is 2.15 bits per heavy atom. The molecule has 0 heterocycles. The average Bonchev–Trinajstić information content (AvgIpc) is 2.46. The molecule has 2 aromatic carbocycles. The molecule has 0 amide bonds. The number of rotatable bonds is 4. The normalized spacial score (nSPS) is 10.2. The molecule has 0 atom stereocenters. The Bertz CT molecular complexity index is 627. The van der Waals surface area contributed by atoms with Crippen LogP contribution in [-0.4, -0.2) is 20.0 Å². The van der Waals surface area contributed by atoms with Gasteiger partial charge in [0.15, 0.2) is 5.78 Å². The number of hydrogen-bond donors (Lipinski definition) is 0. The van der Waals surface area contributed by atoms with Crippen LogP contribution in [0.2, 0.25) is 0 Å². The molecule has 0 N–H and O–H groups in total. The van der Waals surface area contributed by atoms with Gasteiger partial charge in [0, 0.05) is 5.56 Å². The van der Waals surface area contributed by atoms with E-state index in [1.54, 1.807) is 38.5 Å². The van der Waals surface area contributed by atoms with Crippen molar-refractivity contribution in [2.45, 2.75) is 13.8 Å². The maximum absolute atomic E-state index is 12.6. The van der Waals surface area contributed by atoms with Gasteiger partial charge in [-0.05, 0) is 55.3 Å². The van der Waals surface area contributed by atoms with Gasteiger partial charge in [-0.1, -0.05) is 6.07 Å². The monoisotopic (exact) mass is 270 g/mol.